The number of amides is 2. The summed E-state index contributed by atoms with van der Waals surface area (Å²) in [5.41, 5.74) is 1.56. The first-order valence-electron chi connectivity index (χ1n) is 10.3. The number of carbonyl (C=O) groups excluding carboxylic acids is 2. The van der Waals surface area contributed by atoms with Gasteiger partial charge in [-0.05, 0) is 42.0 Å². The summed E-state index contributed by atoms with van der Waals surface area (Å²) in [4.78, 5) is 25.6. The minimum absolute atomic E-state index is 0.121. The van der Waals surface area contributed by atoms with Gasteiger partial charge in [0.25, 0.3) is 11.8 Å². The Labute approximate surface area is 215 Å². The molecule has 0 aliphatic carbocycles. The van der Waals surface area contributed by atoms with E-state index in [0.29, 0.717) is 27.7 Å². The second-order valence-electron chi connectivity index (χ2n) is 7.43. The van der Waals surface area contributed by atoms with Crippen molar-refractivity contribution in [3.8, 4) is 5.75 Å². The third-order valence-corrected chi connectivity index (χ3v) is 5.72. The van der Waals surface area contributed by atoms with Crippen LogP contribution in [-0.2, 0) is 20.2 Å². The molecular weight excluding hydrogens is 515 g/mol. The van der Waals surface area contributed by atoms with Gasteiger partial charge < -0.3 is 19.8 Å². The topological polar surface area (TPSA) is 98.4 Å². The van der Waals surface area contributed by atoms with Gasteiger partial charge in [0.05, 0.1) is 34.7 Å². The molecule has 0 saturated carbocycles. The number of aromatic nitrogens is 2. The second-order valence-corrected chi connectivity index (χ2v) is 8.69. The fourth-order valence-electron chi connectivity index (χ4n) is 3.28. The molecule has 0 spiro atoms. The highest BCUT2D eigenvalue weighted by Crippen LogP contribution is 2.36. The van der Waals surface area contributed by atoms with E-state index < -0.39 is 11.8 Å². The molecule has 35 heavy (non-hydrogen) atoms. The standard InChI is InChI=1S/C24H19Cl3N4O4/c1-31-21(24(33)28-11-17-6-3-7-34-17)20(12-29-31)30-23(32)15-5-2-4-14(8-15)13-35-22-18(26)9-16(25)10-19(22)27/h2-10,12H,11,13H2,1H3,(H,28,33)(H,30,32). The number of nitrogens with zero attached hydrogens (tertiary/aromatic N) is 2. The second kappa shape index (κ2) is 10.9. The van der Waals surface area contributed by atoms with E-state index >= 15 is 0 Å². The molecule has 2 amide bonds. The quantitative estimate of drug-likeness (QED) is 0.301. The van der Waals surface area contributed by atoms with Crippen molar-refractivity contribution in [2.45, 2.75) is 13.2 Å². The van der Waals surface area contributed by atoms with Crippen molar-refractivity contribution in [3.05, 3.63) is 98.6 Å². The molecule has 0 radical (unpaired) electrons. The molecular formula is C24H19Cl3N4O4. The third kappa shape index (κ3) is 5.97. The Balaban J connectivity index is 1.44. The summed E-state index contributed by atoms with van der Waals surface area (Å²) in [5, 5.41) is 10.5. The molecule has 2 N–H and O–H groups in total. The molecule has 0 fully saturated rings. The van der Waals surface area contributed by atoms with Crippen molar-refractivity contribution in [2.75, 3.05) is 5.32 Å². The molecule has 0 saturated heterocycles. The predicted octanol–water partition coefficient (Wildman–Crippen LogP) is 5.73. The molecule has 0 aliphatic rings. The van der Waals surface area contributed by atoms with E-state index in [0.717, 1.165) is 0 Å². The molecule has 0 aliphatic heterocycles. The molecule has 4 rings (SSSR count). The van der Waals surface area contributed by atoms with Crippen molar-refractivity contribution >= 4 is 52.3 Å². The zero-order valence-corrected chi connectivity index (χ0v) is 20.6. The third-order valence-electron chi connectivity index (χ3n) is 4.94. The normalized spacial score (nSPS) is 10.7. The summed E-state index contributed by atoms with van der Waals surface area (Å²) in [5.74, 6) is 0.0810. The van der Waals surface area contributed by atoms with Crippen LogP contribution in [0.3, 0.4) is 0 Å². The van der Waals surface area contributed by atoms with Gasteiger partial charge in [0.2, 0.25) is 0 Å². The Bertz CT molecular complexity index is 1350. The van der Waals surface area contributed by atoms with Crippen LogP contribution in [0.5, 0.6) is 5.75 Å². The van der Waals surface area contributed by atoms with Crippen LogP contribution in [0, 0.1) is 0 Å². The largest absolute Gasteiger partial charge is 0.486 e. The molecule has 2 heterocycles. The molecule has 8 nitrogen and oxygen atoms in total. The Morgan fingerprint density at radius 3 is 2.54 bits per heavy atom. The zero-order valence-electron chi connectivity index (χ0n) is 18.3. The van der Waals surface area contributed by atoms with Gasteiger partial charge >= 0.3 is 0 Å². The number of hydrogen-bond donors (Lipinski definition) is 2. The number of benzene rings is 2. The van der Waals surface area contributed by atoms with Gasteiger partial charge in [0, 0.05) is 17.6 Å². The lowest BCUT2D eigenvalue weighted by atomic mass is 10.1. The van der Waals surface area contributed by atoms with Crippen LogP contribution in [-0.4, -0.2) is 21.6 Å². The zero-order chi connectivity index (χ0) is 24.9. The first kappa shape index (κ1) is 24.7. The first-order chi connectivity index (χ1) is 16.8. The molecule has 4 aromatic rings. The van der Waals surface area contributed by atoms with Crippen LogP contribution in [0.1, 0.15) is 32.2 Å². The number of hydrogen-bond acceptors (Lipinski definition) is 5. The predicted molar refractivity (Wildman–Crippen MR) is 133 cm³/mol. The number of furan rings is 1. The first-order valence-corrected chi connectivity index (χ1v) is 11.5. The van der Waals surface area contributed by atoms with E-state index in [1.807, 2.05) is 0 Å². The van der Waals surface area contributed by atoms with Gasteiger partial charge in [-0.2, -0.15) is 5.10 Å². The van der Waals surface area contributed by atoms with Crippen LogP contribution in [0.2, 0.25) is 15.1 Å². The monoisotopic (exact) mass is 532 g/mol. The van der Waals surface area contributed by atoms with Gasteiger partial charge in [-0.3, -0.25) is 14.3 Å². The van der Waals surface area contributed by atoms with Crippen molar-refractivity contribution in [2.24, 2.45) is 7.05 Å². The number of ether oxygens (including phenoxy) is 1. The van der Waals surface area contributed by atoms with Crippen molar-refractivity contribution in [1.29, 1.82) is 0 Å². The summed E-state index contributed by atoms with van der Waals surface area (Å²) in [6.07, 6.45) is 2.94. The van der Waals surface area contributed by atoms with Gasteiger partial charge in [-0.25, -0.2) is 0 Å². The molecule has 2 aromatic carbocycles. The highest BCUT2D eigenvalue weighted by atomic mass is 35.5. The summed E-state index contributed by atoms with van der Waals surface area (Å²) in [6, 6.07) is 13.4. The number of carbonyl (C=O) groups is 2. The van der Waals surface area contributed by atoms with Crippen LogP contribution < -0.4 is 15.4 Å². The van der Waals surface area contributed by atoms with Crippen molar-refractivity contribution in [1.82, 2.24) is 15.1 Å². The summed E-state index contributed by atoms with van der Waals surface area (Å²) >= 11 is 18.3. The van der Waals surface area contributed by atoms with Gasteiger partial charge in [0.1, 0.15) is 18.1 Å². The Hall–Kier alpha value is -3.46. The summed E-state index contributed by atoms with van der Waals surface area (Å²) < 4.78 is 12.4. The average molecular weight is 534 g/mol. The lowest BCUT2D eigenvalue weighted by molar-refractivity contribution is 0.0939. The summed E-state index contributed by atoms with van der Waals surface area (Å²) in [6.45, 7) is 0.323. The lowest BCUT2D eigenvalue weighted by Gasteiger charge is -2.12. The van der Waals surface area contributed by atoms with E-state index in [1.54, 1.807) is 43.4 Å². The number of anilines is 1. The minimum atomic E-state index is -0.414. The van der Waals surface area contributed by atoms with Gasteiger partial charge in [0.15, 0.2) is 5.75 Å². The maximum atomic E-state index is 12.9. The van der Waals surface area contributed by atoms with Crippen molar-refractivity contribution < 1.29 is 18.7 Å². The number of halogens is 3. The maximum Gasteiger partial charge on any atom is 0.272 e. The Kier molecular flexibility index (Phi) is 7.65. The molecule has 180 valence electrons. The molecule has 0 unspecified atom stereocenters. The van der Waals surface area contributed by atoms with E-state index in [1.165, 1.54) is 29.3 Å². The average Bonchev–Trinajstić information content (AvgIpc) is 3.47. The van der Waals surface area contributed by atoms with Crippen LogP contribution in [0.15, 0.2) is 65.4 Å². The van der Waals surface area contributed by atoms with E-state index in [-0.39, 0.29) is 34.6 Å². The van der Waals surface area contributed by atoms with E-state index in [2.05, 4.69) is 15.7 Å². The molecule has 0 bridgehead atoms. The highest BCUT2D eigenvalue weighted by molar-refractivity contribution is 6.40. The lowest BCUT2D eigenvalue weighted by Crippen LogP contribution is -2.26. The Morgan fingerprint density at radius 2 is 1.83 bits per heavy atom. The number of aryl methyl sites for hydroxylation is 1. The van der Waals surface area contributed by atoms with Crippen LogP contribution in [0.4, 0.5) is 5.69 Å². The SMILES string of the molecule is Cn1ncc(NC(=O)c2cccc(COc3c(Cl)cc(Cl)cc3Cl)c2)c1C(=O)NCc1ccco1. The Morgan fingerprint density at radius 1 is 1.06 bits per heavy atom. The number of rotatable bonds is 8. The molecule has 2 aromatic heterocycles. The van der Waals surface area contributed by atoms with Crippen LogP contribution >= 0.6 is 34.8 Å². The van der Waals surface area contributed by atoms with Crippen LogP contribution in [0.25, 0.3) is 0 Å². The maximum absolute atomic E-state index is 12.9. The number of nitrogens with one attached hydrogen (secondary N) is 2. The fraction of sp³-hybridized carbons (Fsp3) is 0.125. The van der Waals surface area contributed by atoms with Gasteiger partial charge in [-0.15, -0.1) is 0 Å². The van der Waals surface area contributed by atoms with E-state index in [4.69, 9.17) is 44.0 Å². The molecule has 11 heteroatoms. The smallest absolute Gasteiger partial charge is 0.272 e. The fourth-order valence-corrected chi connectivity index (χ4v) is 4.21. The summed E-state index contributed by atoms with van der Waals surface area (Å²) in [7, 11) is 1.61. The highest BCUT2D eigenvalue weighted by Gasteiger charge is 2.20. The minimum Gasteiger partial charge on any atom is -0.486 e. The van der Waals surface area contributed by atoms with E-state index in [9.17, 15) is 9.59 Å². The van der Waals surface area contributed by atoms with Gasteiger partial charge in [-0.1, -0.05) is 46.9 Å². The van der Waals surface area contributed by atoms with Crippen molar-refractivity contribution in [3.63, 3.8) is 0 Å². The molecule has 0 atom stereocenters.